The molecule has 20 heavy (non-hydrogen) atoms. The van der Waals surface area contributed by atoms with E-state index in [4.69, 9.17) is 9.26 Å². The summed E-state index contributed by atoms with van der Waals surface area (Å²) in [5, 5.41) is 13.1. The largest absolute Gasteiger partial charge is 0.507 e. The predicted octanol–water partition coefficient (Wildman–Crippen LogP) is 2.95. The Kier molecular flexibility index (Phi) is 3.82. The zero-order valence-corrected chi connectivity index (χ0v) is 10.4. The average Bonchev–Trinajstić information content (AvgIpc) is 2.85. The van der Waals surface area contributed by atoms with Gasteiger partial charge in [0.2, 0.25) is 0 Å². The van der Waals surface area contributed by atoms with Gasteiger partial charge in [0.1, 0.15) is 11.5 Å². The molecule has 108 valence electrons. The number of aryl methyl sites for hydroxylation is 1. The molecule has 0 saturated carbocycles. The van der Waals surface area contributed by atoms with Gasteiger partial charge in [-0.05, 0) is 18.2 Å². The summed E-state index contributed by atoms with van der Waals surface area (Å²) in [5.41, 5.74) is 0.204. The molecule has 0 aliphatic carbocycles. The smallest absolute Gasteiger partial charge is 0.389 e. The first-order valence-electron chi connectivity index (χ1n) is 5.66. The molecule has 8 heteroatoms. The van der Waals surface area contributed by atoms with Crippen LogP contribution in [0.4, 0.5) is 13.2 Å². The van der Waals surface area contributed by atoms with E-state index in [0.29, 0.717) is 5.75 Å². The Labute approximate surface area is 112 Å². The Morgan fingerprint density at radius 2 is 2.10 bits per heavy atom. The molecule has 1 aromatic carbocycles. The van der Waals surface area contributed by atoms with E-state index in [1.807, 2.05) is 0 Å². The van der Waals surface area contributed by atoms with Crippen LogP contribution >= 0.6 is 0 Å². The molecule has 0 saturated heterocycles. The van der Waals surface area contributed by atoms with Crippen LogP contribution in [0, 0.1) is 0 Å². The third-order valence-electron chi connectivity index (χ3n) is 2.53. The number of hydrogen-bond donors (Lipinski definition) is 1. The SMILES string of the molecule is COc1ccc(O)c(-c2nc(CCC(F)(F)F)no2)c1. The van der Waals surface area contributed by atoms with E-state index >= 15 is 0 Å². The molecule has 0 amide bonds. The molecule has 0 radical (unpaired) electrons. The van der Waals surface area contributed by atoms with E-state index in [1.54, 1.807) is 0 Å². The number of phenols is 1. The van der Waals surface area contributed by atoms with Crippen LogP contribution in [0.5, 0.6) is 11.5 Å². The quantitative estimate of drug-likeness (QED) is 0.936. The van der Waals surface area contributed by atoms with Gasteiger partial charge in [0.25, 0.3) is 5.89 Å². The Morgan fingerprint density at radius 1 is 1.35 bits per heavy atom. The van der Waals surface area contributed by atoms with Gasteiger partial charge in [-0.1, -0.05) is 5.16 Å². The lowest BCUT2D eigenvalue weighted by atomic mass is 10.2. The van der Waals surface area contributed by atoms with Gasteiger partial charge in [-0.3, -0.25) is 0 Å². The molecule has 0 aliphatic rings. The number of hydrogen-bond acceptors (Lipinski definition) is 5. The van der Waals surface area contributed by atoms with Crippen LogP contribution in [-0.2, 0) is 6.42 Å². The van der Waals surface area contributed by atoms with Crippen LogP contribution in [0.15, 0.2) is 22.7 Å². The van der Waals surface area contributed by atoms with E-state index in [0.717, 1.165) is 0 Å². The van der Waals surface area contributed by atoms with Gasteiger partial charge in [-0.15, -0.1) is 0 Å². The average molecular weight is 288 g/mol. The predicted molar refractivity (Wildman–Crippen MR) is 62.3 cm³/mol. The van der Waals surface area contributed by atoms with Crippen LogP contribution < -0.4 is 4.74 Å². The van der Waals surface area contributed by atoms with Gasteiger partial charge in [-0.25, -0.2) is 0 Å². The Morgan fingerprint density at radius 3 is 2.75 bits per heavy atom. The molecular weight excluding hydrogens is 277 g/mol. The molecule has 1 aromatic heterocycles. The molecule has 0 bridgehead atoms. The number of rotatable bonds is 4. The van der Waals surface area contributed by atoms with Gasteiger partial charge in [0.05, 0.1) is 19.1 Å². The summed E-state index contributed by atoms with van der Waals surface area (Å²) in [6, 6.07) is 4.35. The molecule has 0 unspecified atom stereocenters. The van der Waals surface area contributed by atoms with Crippen LogP contribution in [0.3, 0.4) is 0 Å². The third kappa shape index (κ3) is 3.40. The standard InChI is InChI=1S/C12H11F3N2O3/c1-19-7-2-3-9(18)8(6-7)11-16-10(17-20-11)4-5-12(13,14)15/h2-3,6,18H,4-5H2,1H3. The highest BCUT2D eigenvalue weighted by molar-refractivity contribution is 5.64. The number of phenolic OH excluding ortho intramolecular Hbond substituents is 1. The Balaban J connectivity index is 2.20. The highest BCUT2D eigenvalue weighted by Crippen LogP contribution is 2.31. The first kappa shape index (κ1) is 14.2. The zero-order chi connectivity index (χ0) is 14.8. The summed E-state index contributed by atoms with van der Waals surface area (Å²) in [4.78, 5) is 3.83. The molecule has 5 nitrogen and oxygen atoms in total. The monoisotopic (exact) mass is 288 g/mol. The number of alkyl halides is 3. The van der Waals surface area contributed by atoms with Crippen molar-refractivity contribution in [2.24, 2.45) is 0 Å². The minimum absolute atomic E-state index is 0.0569. The fourth-order valence-corrected chi connectivity index (χ4v) is 1.53. The molecule has 0 spiro atoms. The summed E-state index contributed by atoms with van der Waals surface area (Å²) in [7, 11) is 1.44. The maximum Gasteiger partial charge on any atom is 0.389 e. The van der Waals surface area contributed by atoms with Crippen molar-refractivity contribution in [1.29, 1.82) is 0 Å². The summed E-state index contributed by atoms with van der Waals surface area (Å²) >= 11 is 0. The molecular formula is C12H11F3N2O3. The fourth-order valence-electron chi connectivity index (χ4n) is 1.53. The topological polar surface area (TPSA) is 68.4 Å². The maximum absolute atomic E-state index is 12.1. The van der Waals surface area contributed by atoms with Gasteiger partial charge < -0.3 is 14.4 Å². The summed E-state index contributed by atoms with van der Waals surface area (Å²) in [5.74, 6) is 0.197. The number of benzene rings is 1. The minimum Gasteiger partial charge on any atom is -0.507 e. The highest BCUT2D eigenvalue weighted by Gasteiger charge is 2.27. The number of nitrogens with zero attached hydrogens (tertiary/aromatic N) is 2. The summed E-state index contributed by atoms with van der Waals surface area (Å²) in [6.07, 6.45) is -5.69. The third-order valence-corrected chi connectivity index (χ3v) is 2.53. The number of aromatic nitrogens is 2. The first-order valence-corrected chi connectivity index (χ1v) is 5.66. The second kappa shape index (κ2) is 5.40. The lowest BCUT2D eigenvalue weighted by Crippen LogP contribution is -2.09. The van der Waals surface area contributed by atoms with Crippen molar-refractivity contribution in [2.45, 2.75) is 19.0 Å². The molecule has 1 N–H and O–H groups in total. The molecule has 0 aliphatic heterocycles. The van der Waals surface area contributed by atoms with Crippen molar-refractivity contribution in [3.05, 3.63) is 24.0 Å². The van der Waals surface area contributed by atoms with Gasteiger partial charge >= 0.3 is 6.18 Å². The normalized spacial score (nSPS) is 11.6. The van der Waals surface area contributed by atoms with E-state index in [2.05, 4.69) is 10.1 Å². The number of aromatic hydroxyl groups is 1. The Bertz CT molecular complexity index is 596. The summed E-state index contributed by atoms with van der Waals surface area (Å²) in [6.45, 7) is 0. The van der Waals surface area contributed by atoms with Crippen molar-refractivity contribution < 1.29 is 27.5 Å². The second-order valence-electron chi connectivity index (χ2n) is 4.01. The molecule has 0 fully saturated rings. The highest BCUT2D eigenvalue weighted by atomic mass is 19.4. The van der Waals surface area contributed by atoms with E-state index in [-0.39, 0.29) is 29.4 Å². The van der Waals surface area contributed by atoms with E-state index in [9.17, 15) is 18.3 Å². The molecule has 2 rings (SSSR count). The van der Waals surface area contributed by atoms with Crippen LogP contribution in [0.25, 0.3) is 11.5 Å². The lowest BCUT2D eigenvalue weighted by molar-refractivity contribution is -0.134. The van der Waals surface area contributed by atoms with Crippen LogP contribution in [-0.4, -0.2) is 28.5 Å². The van der Waals surface area contributed by atoms with Crippen molar-refractivity contribution in [1.82, 2.24) is 10.1 Å². The molecule has 1 heterocycles. The maximum atomic E-state index is 12.1. The molecule has 2 aromatic rings. The first-order chi connectivity index (χ1) is 9.39. The van der Waals surface area contributed by atoms with Crippen molar-refractivity contribution in [3.8, 4) is 23.0 Å². The van der Waals surface area contributed by atoms with Gasteiger partial charge in [-0.2, -0.15) is 18.2 Å². The van der Waals surface area contributed by atoms with Crippen molar-refractivity contribution >= 4 is 0 Å². The zero-order valence-electron chi connectivity index (χ0n) is 10.4. The number of halogens is 3. The van der Waals surface area contributed by atoms with Gasteiger partial charge in [0, 0.05) is 6.42 Å². The second-order valence-corrected chi connectivity index (χ2v) is 4.01. The minimum atomic E-state index is -4.28. The van der Waals surface area contributed by atoms with E-state index in [1.165, 1.54) is 25.3 Å². The van der Waals surface area contributed by atoms with E-state index < -0.39 is 12.6 Å². The summed E-state index contributed by atoms with van der Waals surface area (Å²) < 4.78 is 46.1. The Hall–Kier alpha value is -2.25. The lowest BCUT2D eigenvalue weighted by Gasteiger charge is -2.03. The molecule has 0 atom stereocenters. The van der Waals surface area contributed by atoms with Crippen molar-refractivity contribution in [3.63, 3.8) is 0 Å². The van der Waals surface area contributed by atoms with Crippen LogP contribution in [0.1, 0.15) is 12.2 Å². The van der Waals surface area contributed by atoms with Crippen LogP contribution in [0.2, 0.25) is 0 Å². The van der Waals surface area contributed by atoms with Gasteiger partial charge in [0.15, 0.2) is 5.82 Å². The number of ether oxygens (including phenoxy) is 1. The fraction of sp³-hybridized carbons (Fsp3) is 0.333. The number of methoxy groups -OCH3 is 1. The van der Waals surface area contributed by atoms with Crippen molar-refractivity contribution in [2.75, 3.05) is 7.11 Å².